The second-order valence-corrected chi connectivity index (χ2v) is 7.14. The van der Waals surface area contributed by atoms with E-state index in [0.29, 0.717) is 52.9 Å². The molecule has 0 spiro atoms. The van der Waals surface area contributed by atoms with Gasteiger partial charge in [0.05, 0.1) is 59.5 Å². The molecule has 29 heavy (non-hydrogen) atoms. The minimum absolute atomic E-state index is 0.0299. The molecule has 0 aliphatic heterocycles. The maximum absolute atomic E-state index is 9.72. The zero-order chi connectivity index (χ0) is 21.3. The van der Waals surface area contributed by atoms with E-state index in [4.69, 9.17) is 28.8 Å². The molecular formula is C22H46O7. The molecule has 0 aromatic carbocycles. The average Bonchev–Trinajstić information content (AvgIpc) is 2.72. The largest absolute Gasteiger partial charge is 0.394 e. The van der Waals surface area contributed by atoms with Crippen molar-refractivity contribution in [2.24, 2.45) is 0 Å². The molecule has 0 aromatic heterocycles. The van der Waals surface area contributed by atoms with E-state index in [2.05, 4.69) is 6.92 Å². The van der Waals surface area contributed by atoms with Gasteiger partial charge in [0.15, 0.2) is 6.29 Å². The third-order valence-electron chi connectivity index (χ3n) is 4.42. The van der Waals surface area contributed by atoms with Crippen molar-refractivity contribution < 1.29 is 33.9 Å². The lowest BCUT2D eigenvalue weighted by Crippen LogP contribution is -2.21. The molecule has 7 nitrogen and oxygen atoms in total. The Kier molecular flexibility index (Phi) is 25.5. The maximum Gasteiger partial charge on any atom is 0.178 e. The second-order valence-electron chi connectivity index (χ2n) is 7.14. The Balaban J connectivity index is 3.12. The fraction of sp³-hybridized carbons (Fsp3) is 1.00. The van der Waals surface area contributed by atoms with Gasteiger partial charge in [-0.25, -0.2) is 0 Å². The second kappa shape index (κ2) is 25.8. The summed E-state index contributed by atoms with van der Waals surface area (Å²) < 4.78 is 26.4. The molecule has 1 atom stereocenters. The van der Waals surface area contributed by atoms with E-state index < -0.39 is 6.29 Å². The van der Waals surface area contributed by atoms with Crippen LogP contribution in [0.3, 0.4) is 0 Å². The molecule has 0 saturated carbocycles. The zero-order valence-corrected chi connectivity index (χ0v) is 18.7. The Morgan fingerprint density at radius 3 is 1.52 bits per heavy atom. The molecule has 176 valence electrons. The zero-order valence-electron chi connectivity index (χ0n) is 18.7. The monoisotopic (exact) mass is 422 g/mol. The van der Waals surface area contributed by atoms with Crippen LogP contribution in [0.25, 0.3) is 0 Å². The highest BCUT2D eigenvalue weighted by Gasteiger charge is 2.04. The van der Waals surface area contributed by atoms with Crippen molar-refractivity contribution >= 4 is 0 Å². The Labute approximate surface area is 178 Å². The molecule has 2 N–H and O–H groups in total. The molecule has 1 unspecified atom stereocenters. The predicted octanol–water partition coefficient (Wildman–Crippen LogP) is 3.30. The number of rotatable bonds is 25. The molecule has 0 aliphatic rings. The Bertz CT molecular complexity index is 292. The fourth-order valence-corrected chi connectivity index (χ4v) is 2.77. The van der Waals surface area contributed by atoms with Gasteiger partial charge in [-0.1, -0.05) is 64.7 Å². The van der Waals surface area contributed by atoms with Crippen LogP contribution in [0.2, 0.25) is 0 Å². The minimum Gasteiger partial charge on any atom is -0.394 e. The maximum atomic E-state index is 9.72. The van der Waals surface area contributed by atoms with Crippen LogP contribution in [0.4, 0.5) is 0 Å². The number of unbranched alkanes of at least 4 members (excludes halogenated alkanes) is 9. The van der Waals surface area contributed by atoms with E-state index >= 15 is 0 Å². The Hall–Kier alpha value is -0.280. The third kappa shape index (κ3) is 25.7. The van der Waals surface area contributed by atoms with E-state index in [9.17, 15) is 5.11 Å². The highest BCUT2D eigenvalue weighted by atomic mass is 16.6. The predicted molar refractivity (Wildman–Crippen MR) is 114 cm³/mol. The van der Waals surface area contributed by atoms with Gasteiger partial charge in [-0.15, -0.1) is 0 Å². The van der Waals surface area contributed by atoms with Gasteiger partial charge in [0.25, 0.3) is 0 Å². The van der Waals surface area contributed by atoms with Crippen molar-refractivity contribution in [3.8, 4) is 0 Å². The lowest BCUT2D eigenvalue weighted by Gasteiger charge is -2.12. The first kappa shape index (κ1) is 28.7. The molecule has 0 aliphatic carbocycles. The first-order chi connectivity index (χ1) is 14.3. The summed E-state index contributed by atoms with van der Waals surface area (Å²) in [5.41, 5.74) is 0. The summed E-state index contributed by atoms with van der Waals surface area (Å²) in [6, 6.07) is 0. The number of hydrogen-bond acceptors (Lipinski definition) is 7. The molecule has 7 heteroatoms. The summed E-state index contributed by atoms with van der Waals surface area (Å²) in [5, 5.41) is 18.3. The van der Waals surface area contributed by atoms with Crippen LogP contribution < -0.4 is 0 Å². The molecule has 0 saturated heterocycles. The van der Waals surface area contributed by atoms with E-state index in [0.717, 1.165) is 12.8 Å². The summed E-state index contributed by atoms with van der Waals surface area (Å²) in [6.45, 7) is 6.18. The van der Waals surface area contributed by atoms with Crippen LogP contribution in [0.5, 0.6) is 0 Å². The molecule has 0 heterocycles. The van der Waals surface area contributed by atoms with Gasteiger partial charge in [-0.05, 0) is 6.42 Å². The lowest BCUT2D eigenvalue weighted by atomic mass is 10.1. The standard InChI is InChI=1S/C22H46O7/c1-2-3-4-5-6-7-8-9-10-11-13-29-22(24)21-28-20-19-27-18-17-26-16-15-25-14-12-23/h22-24H,2-21H2,1H3. The Morgan fingerprint density at radius 1 is 0.552 bits per heavy atom. The number of ether oxygens (including phenoxy) is 5. The summed E-state index contributed by atoms with van der Waals surface area (Å²) in [7, 11) is 0. The first-order valence-corrected chi connectivity index (χ1v) is 11.5. The molecular weight excluding hydrogens is 376 g/mol. The Morgan fingerprint density at radius 2 is 1.00 bits per heavy atom. The smallest absolute Gasteiger partial charge is 0.178 e. The SMILES string of the molecule is CCCCCCCCCCCCOC(O)COCCOCCOCCOCCO. The number of aliphatic hydroxyl groups is 2. The first-order valence-electron chi connectivity index (χ1n) is 11.5. The van der Waals surface area contributed by atoms with Crippen LogP contribution in [-0.2, 0) is 23.7 Å². The van der Waals surface area contributed by atoms with E-state index in [1.807, 2.05) is 0 Å². The van der Waals surface area contributed by atoms with E-state index in [-0.39, 0.29) is 13.2 Å². The van der Waals surface area contributed by atoms with Gasteiger partial charge in [0.1, 0.15) is 0 Å². The summed E-state index contributed by atoms with van der Waals surface area (Å²) in [5.74, 6) is 0. The van der Waals surface area contributed by atoms with Crippen LogP contribution in [0, 0.1) is 0 Å². The summed E-state index contributed by atoms with van der Waals surface area (Å²) in [6.07, 6.45) is 12.0. The van der Waals surface area contributed by atoms with Gasteiger partial charge in [-0.3, -0.25) is 0 Å². The van der Waals surface area contributed by atoms with E-state index in [1.165, 1.54) is 51.4 Å². The van der Waals surface area contributed by atoms with Gasteiger partial charge in [-0.2, -0.15) is 0 Å². The van der Waals surface area contributed by atoms with Gasteiger partial charge >= 0.3 is 0 Å². The number of aliphatic hydroxyl groups excluding tert-OH is 2. The normalized spacial score (nSPS) is 12.5. The topological polar surface area (TPSA) is 86.6 Å². The van der Waals surface area contributed by atoms with Crippen LogP contribution in [-0.4, -0.2) is 82.6 Å². The van der Waals surface area contributed by atoms with Crippen LogP contribution >= 0.6 is 0 Å². The van der Waals surface area contributed by atoms with Crippen molar-refractivity contribution in [1.82, 2.24) is 0 Å². The van der Waals surface area contributed by atoms with Crippen molar-refractivity contribution in [3.05, 3.63) is 0 Å². The third-order valence-corrected chi connectivity index (χ3v) is 4.42. The van der Waals surface area contributed by atoms with Crippen molar-refractivity contribution in [1.29, 1.82) is 0 Å². The van der Waals surface area contributed by atoms with Crippen LogP contribution in [0.1, 0.15) is 71.1 Å². The minimum atomic E-state index is -0.865. The highest BCUT2D eigenvalue weighted by Crippen LogP contribution is 2.10. The van der Waals surface area contributed by atoms with Crippen molar-refractivity contribution in [2.45, 2.75) is 77.4 Å². The molecule has 0 rings (SSSR count). The molecule has 0 aromatic rings. The quantitative estimate of drug-likeness (QED) is 0.172. The van der Waals surface area contributed by atoms with Crippen molar-refractivity contribution in [2.75, 3.05) is 66.1 Å². The molecule has 0 amide bonds. The highest BCUT2D eigenvalue weighted by molar-refractivity contribution is 4.48. The lowest BCUT2D eigenvalue weighted by molar-refractivity contribution is -0.141. The van der Waals surface area contributed by atoms with Gasteiger partial charge in [0, 0.05) is 6.61 Å². The summed E-state index contributed by atoms with van der Waals surface area (Å²) >= 11 is 0. The van der Waals surface area contributed by atoms with E-state index in [1.54, 1.807) is 0 Å². The summed E-state index contributed by atoms with van der Waals surface area (Å²) in [4.78, 5) is 0. The average molecular weight is 423 g/mol. The molecule has 0 radical (unpaired) electrons. The number of hydrogen-bond donors (Lipinski definition) is 2. The molecule has 0 bridgehead atoms. The molecule has 0 fully saturated rings. The van der Waals surface area contributed by atoms with Crippen molar-refractivity contribution in [3.63, 3.8) is 0 Å². The van der Waals surface area contributed by atoms with Gasteiger partial charge < -0.3 is 33.9 Å². The fourth-order valence-electron chi connectivity index (χ4n) is 2.77. The van der Waals surface area contributed by atoms with Crippen LogP contribution in [0.15, 0.2) is 0 Å². The van der Waals surface area contributed by atoms with Gasteiger partial charge in [0.2, 0.25) is 0 Å².